The smallest absolute Gasteiger partial charge is 0.226 e. The van der Waals surface area contributed by atoms with E-state index in [0.29, 0.717) is 23.4 Å². The van der Waals surface area contributed by atoms with Crippen LogP contribution in [0.25, 0.3) is 11.3 Å². The highest BCUT2D eigenvalue weighted by Gasteiger charge is 2.35. The average molecular weight is 458 g/mol. The van der Waals surface area contributed by atoms with Crippen LogP contribution in [0.5, 0.6) is 0 Å². The van der Waals surface area contributed by atoms with Gasteiger partial charge in [0, 0.05) is 31.1 Å². The molecule has 2 aliphatic rings. The number of aromatic nitrogens is 1. The number of halogens is 1. The van der Waals surface area contributed by atoms with Gasteiger partial charge in [-0.25, -0.2) is 4.39 Å². The number of carbonyl (C=O) groups is 2. The van der Waals surface area contributed by atoms with E-state index in [-0.39, 0.29) is 29.5 Å². The van der Waals surface area contributed by atoms with Crippen LogP contribution in [0.2, 0.25) is 0 Å². The molecule has 1 aromatic carbocycles. The molecule has 4 rings (SSSR count). The van der Waals surface area contributed by atoms with E-state index < -0.39 is 6.10 Å². The summed E-state index contributed by atoms with van der Waals surface area (Å²) in [6.07, 6.45) is 6.51. The zero-order valence-electron chi connectivity index (χ0n) is 18.8. The van der Waals surface area contributed by atoms with Crippen molar-refractivity contribution in [3.8, 4) is 11.3 Å². The molecule has 0 unspecified atom stereocenters. The van der Waals surface area contributed by atoms with E-state index in [1.165, 1.54) is 12.1 Å². The lowest BCUT2D eigenvalue weighted by molar-refractivity contribution is -0.131. The van der Waals surface area contributed by atoms with Crippen LogP contribution in [-0.2, 0) is 4.79 Å². The predicted molar refractivity (Wildman–Crippen MR) is 121 cm³/mol. The number of hydrogen-bond acceptors (Lipinski definition) is 6. The summed E-state index contributed by atoms with van der Waals surface area (Å²) < 4.78 is 18.3. The predicted octanol–water partition coefficient (Wildman–Crippen LogP) is 3.58. The number of carbonyl (C=O) groups excluding carboxylic acids is 2. The second-order valence-corrected chi connectivity index (χ2v) is 9.24. The zero-order valence-corrected chi connectivity index (χ0v) is 18.8. The maximum absolute atomic E-state index is 13.0. The lowest BCUT2D eigenvalue weighted by Gasteiger charge is -2.38. The first-order valence-corrected chi connectivity index (χ1v) is 12.0. The summed E-state index contributed by atoms with van der Waals surface area (Å²) in [5.74, 6) is 0.202. The fourth-order valence-corrected chi connectivity index (χ4v) is 4.59. The highest BCUT2D eigenvalue weighted by atomic mass is 19.1. The Balaban J connectivity index is 1.06. The molecular weight excluding hydrogens is 425 g/mol. The van der Waals surface area contributed by atoms with Crippen molar-refractivity contribution >= 4 is 11.7 Å². The third-order valence-corrected chi connectivity index (χ3v) is 6.69. The molecule has 2 atom stereocenters. The van der Waals surface area contributed by atoms with E-state index in [9.17, 15) is 19.1 Å². The minimum absolute atomic E-state index is 0.0395. The molecule has 0 bridgehead atoms. The Morgan fingerprint density at radius 1 is 1.12 bits per heavy atom. The van der Waals surface area contributed by atoms with Gasteiger partial charge < -0.3 is 19.8 Å². The van der Waals surface area contributed by atoms with Crippen LogP contribution in [0.15, 0.2) is 34.9 Å². The van der Waals surface area contributed by atoms with Gasteiger partial charge in [-0.3, -0.25) is 9.59 Å². The van der Waals surface area contributed by atoms with Gasteiger partial charge in [0.05, 0.1) is 18.1 Å². The molecule has 2 fully saturated rings. The van der Waals surface area contributed by atoms with Gasteiger partial charge >= 0.3 is 0 Å². The molecule has 33 heavy (non-hydrogen) atoms. The first kappa shape index (κ1) is 23.6. The van der Waals surface area contributed by atoms with E-state index in [1.807, 2.05) is 0 Å². The summed E-state index contributed by atoms with van der Waals surface area (Å²) in [5.41, 5.74) is 0.995. The van der Waals surface area contributed by atoms with Gasteiger partial charge in [-0.15, -0.1) is 0 Å². The SMILES string of the molecule is O=C(CCCCCCN1CC(C(=O)N[C@H]2CCC[C@@H]2O)C1)c1cc(-c2ccc(F)cc2)on1. The van der Waals surface area contributed by atoms with E-state index in [4.69, 9.17) is 4.52 Å². The number of ketones is 1. The van der Waals surface area contributed by atoms with Gasteiger partial charge in [-0.2, -0.15) is 0 Å². The third-order valence-electron chi connectivity index (χ3n) is 6.69. The average Bonchev–Trinajstić information content (AvgIpc) is 3.42. The lowest BCUT2D eigenvalue weighted by Crippen LogP contribution is -2.55. The number of aliphatic hydroxyl groups is 1. The Morgan fingerprint density at radius 2 is 1.88 bits per heavy atom. The summed E-state index contributed by atoms with van der Waals surface area (Å²) in [6, 6.07) is 7.42. The van der Waals surface area contributed by atoms with E-state index in [0.717, 1.165) is 64.6 Å². The monoisotopic (exact) mass is 457 g/mol. The molecular formula is C25H32FN3O4. The Bertz CT molecular complexity index is 939. The number of nitrogens with one attached hydrogen (secondary N) is 1. The van der Waals surface area contributed by atoms with Gasteiger partial charge in [-0.1, -0.05) is 18.0 Å². The molecule has 1 aromatic heterocycles. The van der Waals surface area contributed by atoms with Crippen LogP contribution in [0, 0.1) is 11.7 Å². The van der Waals surface area contributed by atoms with Crippen molar-refractivity contribution in [3.05, 3.63) is 41.8 Å². The molecule has 178 valence electrons. The molecule has 1 saturated carbocycles. The van der Waals surface area contributed by atoms with Crippen LogP contribution < -0.4 is 5.32 Å². The molecule has 0 spiro atoms. The van der Waals surface area contributed by atoms with Gasteiger partial charge in [0.1, 0.15) is 11.5 Å². The Hall–Kier alpha value is -2.58. The topological polar surface area (TPSA) is 95.7 Å². The first-order valence-electron chi connectivity index (χ1n) is 12.0. The number of nitrogens with zero attached hydrogens (tertiary/aromatic N) is 2. The van der Waals surface area contributed by atoms with Crippen LogP contribution in [0.4, 0.5) is 4.39 Å². The Kier molecular flexibility index (Phi) is 7.88. The van der Waals surface area contributed by atoms with Crippen molar-refractivity contribution < 1.29 is 23.6 Å². The fraction of sp³-hybridized carbons (Fsp3) is 0.560. The number of hydrogen-bond donors (Lipinski definition) is 2. The largest absolute Gasteiger partial charge is 0.391 e. The quantitative estimate of drug-likeness (QED) is 0.396. The Morgan fingerprint density at radius 3 is 2.61 bits per heavy atom. The van der Waals surface area contributed by atoms with Gasteiger partial charge in [0.15, 0.2) is 11.5 Å². The normalized spacial score (nSPS) is 21.2. The molecule has 1 aliphatic heterocycles. The van der Waals surface area contributed by atoms with Crippen molar-refractivity contribution in [2.75, 3.05) is 19.6 Å². The second kappa shape index (κ2) is 11.0. The molecule has 1 aliphatic carbocycles. The highest BCUT2D eigenvalue weighted by molar-refractivity contribution is 5.94. The van der Waals surface area contributed by atoms with Crippen LogP contribution in [0.3, 0.4) is 0 Å². The molecule has 8 heteroatoms. The van der Waals surface area contributed by atoms with Gasteiger partial charge in [0.25, 0.3) is 0 Å². The highest BCUT2D eigenvalue weighted by Crippen LogP contribution is 2.23. The zero-order chi connectivity index (χ0) is 23.2. The van der Waals surface area contributed by atoms with Crippen LogP contribution in [-0.4, -0.2) is 58.6 Å². The summed E-state index contributed by atoms with van der Waals surface area (Å²) in [5, 5.41) is 16.7. The van der Waals surface area contributed by atoms with E-state index in [1.54, 1.807) is 18.2 Å². The maximum atomic E-state index is 13.0. The van der Waals surface area contributed by atoms with Crippen molar-refractivity contribution in [2.45, 2.75) is 63.5 Å². The van der Waals surface area contributed by atoms with Gasteiger partial charge in [0.2, 0.25) is 5.91 Å². The number of Topliss-reactive ketones (excluding diaryl/α,β-unsaturated/α-hetero) is 1. The minimum atomic E-state index is -0.391. The molecule has 7 nitrogen and oxygen atoms in total. The molecule has 2 aromatic rings. The molecule has 2 N–H and O–H groups in total. The number of aliphatic hydroxyl groups excluding tert-OH is 1. The number of rotatable bonds is 11. The summed E-state index contributed by atoms with van der Waals surface area (Å²) in [6.45, 7) is 2.54. The molecule has 1 amide bonds. The molecule has 1 saturated heterocycles. The lowest BCUT2D eigenvalue weighted by atomic mass is 9.97. The van der Waals surface area contributed by atoms with E-state index >= 15 is 0 Å². The fourth-order valence-electron chi connectivity index (χ4n) is 4.59. The van der Waals surface area contributed by atoms with Gasteiger partial charge in [-0.05, 0) is 62.9 Å². The minimum Gasteiger partial charge on any atom is -0.391 e. The van der Waals surface area contributed by atoms with Crippen molar-refractivity contribution in [1.29, 1.82) is 0 Å². The van der Waals surface area contributed by atoms with Crippen LogP contribution >= 0.6 is 0 Å². The Labute approximate surface area is 193 Å². The molecule has 0 radical (unpaired) electrons. The number of likely N-dealkylation sites (tertiary alicyclic amines) is 1. The number of unbranched alkanes of at least 4 members (excludes halogenated alkanes) is 3. The van der Waals surface area contributed by atoms with Crippen molar-refractivity contribution in [2.24, 2.45) is 5.92 Å². The van der Waals surface area contributed by atoms with E-state index in [2.05, 4.69) is 15.4 Å². The molecule has 2 heterocycles. The summed E-state index contributed by atoms with van der Waals surface area (Å²) in [4.78, 5) is 26.9. The summed E-state index contributed by atoms with van der Waals surface area (Å²) in [7, 11) is 0. The maximum Gasteiger partial charge on any atom is 0.226 e. The number of amides is 1. The van der Waals surface area contributed by atoms with Crippen LogP contribution in [0.1, 0.15) is 61.9 Å². The van der Waals surface area contributed by atoms with Crippen molar-refractivity contribution in [1.82, 2.24) is 15.4 Å². The number of benzene rings is 1. The summed E-state index contributed by atoms with van der Waals surface area (Å²) >= 11 is 0. The van der Waals surface area contributed by atoms with Crippen molar-refractivity contribution in [3.63, 3.8) is 0 Å². The third kappa shape index (κ3) is 6.26. The second-order valence-electron chi connectivity index (χ2n) is 9.24. The first-order chi connectivity index (χ1) is 16.0. The standard InChI is InChI=1S/C25H32FN3O4/c26-19-11-9-17(10-12-19)24-14-21(28-33-24)23(31)7-3-1-2-4-13-29-15-18(16-29)25(32)27-20-6-5-8-22(20)30/h9-12,14,18,20,22,30H,1-8,13,15-16H2,(H,27,32)/t20-,22-/m0/s1.